The van der Waals surface area contributed by atoms with Gasteiger partial charge < -0.3 is 20.1 Å². The number of amides is 2. The number of carbonyl (C=O) groups is 3. The molecule has 2 heterocycles. The lowest BCUT2D eigenvalue weighted by Crippen LogP contribution is -2.32. The van der Waals surface area contributed by atoms with E-state index in [1.165, 1.54) is 12.8 Å². The number of carboxylic acids is 1. The van der Waals surface area contributed by atoms with Crippen LogP contribution in [-0.2, 0) is 14.3 Å². The van der Waals surface area contributed by atoms with Gasteiger partial charge in [-0.05, 0) is 49.9 Å². The molecule has 0 bridgehead atoms. The van der Waals surface area contributed by atoms with Crippen LogP contribution in [0.15, 0.2) is 24.3 Å². The average Bonchev–Trinajstić information content (AvgIpc) is 2.99. The standard InChI is InChI=1S/C19H24N2O5/c22-17(15-9-10-16(26-15)19(24)25)20-14-7-5-13(6-8-14)18(23)21-11-3-1-2-4-12-21/h5-8,15-16H,1-4,9-12H2,(H,20,22)(H,24,25)/t15-,16+/m0/s1. The van der Waals surface area contributed by atoms with Gasteiger partial charge in [0.15, 0.2) is 6.10 Å². The van der Waals surface area contributed by atoms with E-state index >= 15 is 0 Å². The van der Waals surface area contributed by atoms with E-state index in [4.69, 9.17) is 9.84 Å². The second-order valence-corrected chi connectivity index (χ2v) is 6.80. The molecule has 0 saturated carbocycles. The molecule has 0 spiro atoms. The summed E-state index contributed by atoms with van der Waals surface area (Å²) in [5, 5.41) is 11.6. The lowest BCUT2D eigenvalue weighted by molar-refractivity contribution is -0.150. The quantitative estimate of drug-likeness (QED) is 0.859. The van der Waals surface area contributed by atoms with E-state index in [1.54, 1.807) is 24.3 Å². The predicted octanol–water partition coefficient (Wildman–Crippen LogP) is 2.27. The lowest BCUT2D eigenvalue weighted by Gasteiger charge is -2.20. The van der Waals surface area contributed by atoms with Crippen LogP contribution in [0.3, 0.4) is 0 Å². The summed E-state index contributed by atoms with van der Waals surface area (Å²) in [6.45, 7) is 1.59. The summed E-state index contributed by atoms with van der Waals surface area (Å²) in [4.78, 5) is 37.5. The molecule has 2 saturated heterocycles. The molecular formula is C19H24N2O5. The average molecular weight is 360 g/mol. The van der Waals surface area contributed by atoms with Gasteiger partial charge in [0, 0.05) is 24.3 Å². The summed E-state index contributed by atoms with van der Waals surface area (Å²) in [5.74, 6) is -1.38. The van der Waals surface area contributed by atoms with Crippen LogP contribution in [0.1, 0.15) is 48.9 Å². The van der Waals surface area contributed by atoms with Gasteiger partial charge in [-0.1, -0.05) is 12.8 Å². The first kappa shape index (κ1) is 18.4. The van der Waals surface area contributed by atoms with E-state index in [-0.39, 0.29) is 11.8 Å². The molecule has 0 aromatic heterocycles. The van der Waals surface area contributed by atoms with Crippen molar-refractivity contribution >= 4 is 23.5 Å². The van der Waals surface area contributed by atoms with Gasteiger partial charge in [-0.15, -0.1) is 0 Å². The third-order valence-corrected chi connectivity index (χ3v) is 4.88. The monoisotopic (exact) mass is 360 g/mol. The van der Waals surface area contributed by atoms with Gasteiger partial charge in [0.05, 0.1) is 0 Å². The number of hydrogen-bond acceptors (Lipinski definition) is 4. The second kappa shape index (κ2) is 8.31. The highest BCUT2D eigenvalue weighted by Crippen LogP contribution is 2.22. The van der Waals surface area contributed by atoms with Crippen molar-refractivity contribution in [2.75, 3.05) is 18.4 Å². The fourth-order valence-electron chi connectivity index (χ4n) is 3.39. The molecule has 140 valence electrons. The Morgan fingerprint density at radius 3 is 2.15 bits per heavy atom. The number of hydrogen-bond donors (Lipinski definition) is 2. The molecule has 26 heavy (non-hydrogen) atoms. The Hall–Kier alpha value is -2.41. The Morgan fingerprint density at radius 1 is 0.962 bits per heavy atom. The first-order valence-electron chi connectivity index (χ1n) is 9.13. The summed E-state index contributed by atoms with van der Waals surface area (Å²) >= 11 is 0. The van der Waals surface area contributed by atoms with Gasteiger partial charge >= 0.3 is 5.97 Å². The maximum Gasteiger partial charge on any atom is 0.332 e. The Kier molecular flexibility index (Phi) is 5.88. The zero-order chi connectivity index (χ0) is 18.5. The summed E-state index contributed by atoms with van der Waals surface area (Å²) in [5.41, 5.74) is 1.16. The van der Waals surface area contributed by atoms with Crippen LogP contribution in [0.5, 0.6) is 0 Å². The predicted molar refractivity (Wildman–Crippen MR) is 95.0 cm³/mol. The van der Waals surface area contributed by atoms with Crippen molar-refractivity contribution < 1.29 is 24.2 Å². The van der Waals surface area contributed by atoms with Gasteiger partial charge in [-0.3, -0.25) is 9.59 Å². The van der Waals surface area contributed by atoms with Gasteiger partial charge in [0.2, 0.25) is 0 Å². The van der Waals surface area contributed by atoms with E-state index in [2.05, 4.69) is 5.32 Å². The molecule has 1 aromatic carbocycles. The molecule has 3 rings (SSSR count). The molecule has 0 unspecified atom stereocenters. The molecule has 7 heteroatoms. The first-order chi connectivity index (χ1) is 12.5. The van der Waals surface area contributed by atoms with Crippen molar-refractivity contribution in [3.05, 3.63) is 29.8 Å². The zero-order valence-corrected chi connectivity index (χ0v) is 14.6. The van der Waals surface area contributed by atoms with Crippen molar-refractivity contribution in [2.24, 2.45) is 0 Å². The number of anilines is 1. The summed E-state index contributed by atoms with van der Waals surface area (Å²) < 4.78 is 5.24. The Morgan fingerprint density at radius 2 is 1.58 bits per heavy atom. The largest absolute Gasteiger partial charge is 0.479 e. The third kappa shape index (κ3) is 4.40. The molecule has 2 N–H and O–H groups in total. The smallest absolute Gasteiger partial charge is 0.332 e. The number of likely N-dealkylation sites (tertiary alicyclic amines) is 1. The minimum absolute atomic E-state index is 0.0215. The minimum atomic E-state index is -1.04. The molecule has 2 fully saturated rings. The molecule has 2 amide bonds. The highest BCUT2D eigenvalue weighted by molar-refractivity contribution is 5.97. The van der Waals surface area contributed by atoms with Crippen molar-refractivity contribution in [2.45, 2.75) is 50.7 Å². The van der Waals surface area contributed by atoms with Crippen LogP contribution in [0.2, 0.25) is 0 Å². The van der Waals surface area contributed by atoms with Crippen LogP contribution < -0.4 is 5.32 Å². The van der Waals surface area contributed by atoms with Crippen molar-refractivity contribution in [3.8, 4) is 0 Å². The highest BCUT2D eigenvalue weighted by Gasteiger charge is 2.34. The molecule has 2 atom stereocenters. The van der Waals surface area contributed by atoms with Crippen LogP contribution >= 0.6 is 0 Å². The van der Waals surface area contributed by atoms with E-state index < -0.39 is 18.2 Å². The molecule has 1 aromatic rings. The van der Waals surface area contributed by atoms with Crippen LogP contribution in [-0.4, -0.2) is 53.1 Å². The molecule has 0 radical (unpaired) electrons. The van der Waals surface area contributed by atoms with Crippen molar-refractivity contribution in [1.82, 2.24) is 4.90 Å². The van der Waals surface area contributed by atoms with E-state index in [0.29, 0.717) is 24.1 Å². The number of benzene rings is 1. The normalized spacial score (nSPS) is 23.3. The van der Waals surface area contributed by atoms with Crippen LogP contribution in [0, 0.1) is 0 Å². The number of ether oxygens (including phenoxy) is 1. The Labute approximate surface area is 152 Å². The SMILES string of the molecule is O=C(Nc1ccc(C(=O)N2CCCCCC2)cc1)[C@@H]1CC[C@H](C(=O)O)O1. The van der Waals surface area contributed by atoms with E-state index in [1.807, 2.05) is 4.90 Å². The maximum absolute atomic E-state index is 12.6. The highest BCUT2D eigenvalue weighted by atomic mass is 16.5. The van der Waals surface area contributed by atoms with Crippen LogP contribution in [0.25, 0.3) is 0 Å². The summed E-state index contributed by atoms with van der Waals surface area (Å²) in [6, 6.07) is 6.79. The molecule has 7 nitrogen and oxygen atoms in total. The topological polar surface area (TPSA) is 95.9 Å². The van der Waals surface area contributed by atoms with E-state index in [0.717, 1.165) is 25.9 Å². The minimum Gasteiger partial charge on any atom is -0.479 e. The fraction of sp³-hybridized carbons (Fsp3) is 0.526. The van der Waals surface area contributed by atoms with Gasteiger partial charge in [-0.25, -0.2) is 4.79 Å². The summed E-state index contributed by atoms with van der Waals surface area (Å²) in [6.07, 6.45) is 3.46. The van der Waals surface area contributed by atoms with E-state index in [9.17, 15) is 14.4 Å². The van der Waals surface area contributed by atoms with Gasteiger partial charge in [0.1, 0.15) is 6.10 Å². The second-order valence-electron chi connectivity index (χ2n) is 6.80. The van der Waals surface area contributed by atoms with Gasteiger partial charge in [0.25, 0.3) is 11.8 Å². The Balaban J connectivity index is 1.56. The molecule has 2 aliphatic rings. The van der Waals surface area contributed by atoms with Gasteiger partial charge in [-0.2, -0.15) is 0 Å². The number of nitrogens with one attached hydrogen (secondary N) is 1. The maximum atomic E-state index is 12.6. The Bertz CT molecular complexity index is 665. The molecule has 2 aliphatic heterocycles. The number of aliphatic carboxylic acids is 1. The van der Waals surface area contributed by atoms with Crippen molar-refractivity contribution in [1.29, 1.82) is 0 Å². The fourth-order valence-corrected chi connectivity index (χ4v) is 3.39. The number of rotatable bonds is 4. The molecule has 0 aliphatic carbocycles. The number of carbonyl (C=O) groups excluding carboxylic acids is 2. The number of nitrogens with zero attached hydrogens (tertiary/aromatic N) is 1. The lowest BCUT2D eigenvalue weighted by atomic mass is 10.1. The first-order valence-corrected chi connectivity index (χ1v) is 9.13. The number of carboxylic acid groups (broad SMARTS) is 1. The summed E-state index contributed by atoms with van der Waals surface area (Å²) in [7, 11) is 0. The van der Waals surface area contributed by atoms with Crippen LogP contribution in [0.4, 0.5) is 5.69 Å². The van der Waals surface area contributed by atoms with Crippen molar-refractivity contribution in [3.63, 3.8) is 0 Å². The zero-order valence-electron chi connectivity index (χ0n) is 14.6. The third-order valence-electron chi connectivity index (χ3n) is 4.88. The molecular weight excluding hydrogens is 336 g/mol.